The Kier molecular flexibility index (Phi) is 8.65. The summed E-state index contributed by atoms with van der Waals surface area (Å²) in [7, 11) is 0. The van der Waals surface area contributed by atoms with E-state index in [4.69, 9.17) is 23.7 Å². The fraction of sp³-hybridized carbons (Fsp3) is 0.667. The van der Waals surface area contributed by atoms with Crippen LogP contribution in [-0.4, -0.2) is 70.2 Å². The van der Waals surface area contributed by atoms with Crippen LogP contribution in [0.2, 0.25) is 0 Å². The lowest BCUT2D eigenvalue weighted by Crippen LogP contribution is -2.46. The molecule has 38 heavy (non-hydrogen) atoms. The van der Waals surface area contributed by atoms with Gasteiger partial charge in [-0.1, -0.05) is 0 Å². The van der Waals surface area contributed by atoms with Crippen molar-refractivity contribution in [1.82, 2.24) is 14.9 Å². The molecule has 1 aromatic rings. The Morgan fingerprint density at radius 2 is 1.66 bits per heavy atom. The average molecular weight is 539 g/mol. The lowest BCUT2D eigenvalue weighted by molar-refractivity contribution is -0.160. The van der Waals surface area contributed by atoms with Crippen LogP contribution in [0.3, 0.4) is 0 Å². The predicted octanol–water partition coefficient (Wildman–Crippen LogP) is 1.88. The van der Waals surface area contributed by atoms with Crippen LogP contribution in [0.1, 0.15) is 60.6 Å². The molecule has 1 aromatic heterocycles. The molecule has 0 spiro atoms. The number of amides is 2. The smallest absolute Gasteiger partial charge is 0.413 e. The number of aromatic nitrogens is 2. The Balaban J connectivity index is 1.66. The summed E-state index contributed by atoms with van der Waals surface area (Å²) < 4.78 is 28.1. The van der Waals surface area contributed by atoms with Crippen molar-refractivity contribution in [1.29, 1.82) is 0 Å². The largest absolute Gasteiger partial charge is 0.464 e. The van der Waals surface area contributed by atoms with Crippen LogP contribution in [0.4, 0.5) is 15.4 Å². The summed E-state index contributed by atoms with van der Waals surface area (Å²) in [4.78, 5) is 65.5. The number of carbonyl (C=O) groups is 4. The molecule has 1 unspecified atom stereocenters. The minimum atomic E-state index is -1.29. The van der Waals surface area contributed by atoms with Gasteiger partial charge in [-0.25, -0.2) is 19.2 Å². The highest BCUT2D eigenvalue weighted by Crippen LogP contribution is 2.34. The van der Waals surface area contributed by atoms with Crippen molar-refractivity contribution in [3.05, 3.63) is 22.7 Å². The van der Waals surface area contributed by atoms with Crippen LogP contribution in [-0.2, 0) is 33.3 Å². The normalized spacial score (nSPS) is 24.4. The maximum absolute atomic E-state index is 12.7. The Labute approximate surface area is 219 Å². The molecule has 3 heterocycles. The molecular formula is C24H34N4O10. The number of rotatable bonds is 3. The van der Waals surface area contributed by atoms with E-state index in [-0.39, 0.29) is 25.5 Å². The van der Waals surface area contributed by atoms with Crippen LogP contribution in [0.5, 0.6) is 0 Å². The van der Waals surface area contributed by atoms with Gasteiger partial charge in [0, 0.05) is 18.5 Å². The number of hydrogen-bond acceptors (Lipinski definition) is 11. The number of carbonyl (C=O) groups excluding carboxylic acids is 4. The SMILES string of the molecule is CC(C)(C)OC(=O)Nc1ccn([C@H]2C[C@@H]3COC(=O)C(NC(=O)OC(C)(C)C)CC(=O)OC[C@H]3O2)c(=O)n1. The van der Waals surface area contributed by atoms with E-state index in [1.807, 2.05) is 0 Å². The van der Waals surface area contributed by atoms with E-state index in [1.165, 1.54) is 16.8 Å². The topological polar surface area (TPSA) is 173 Å². The summed E-state index contributed by atoms with van der Waals surface area (Å²) in [6.45, 7) is 9.86. The predicted molar refractivity (Wildman–Crippen MR) is 130 cm³/mol. The summed E-state index contributed by atoms with van der Waals surface area (Å²) in [6, 6.07) is 0.127. The van der Waals surface area contributed by atoms with Gasteiger partial charge < -0.3 is 29.0 Å². The number of fused-ring (bicyclic) bond motifs is 1. The van der Waals surface area contributed by atoms with Crippen molar-refractivity contribution in [3.63, 3.8) is 0 Å². The molecule has 2 N–H and O–H groups in total. The third kappa shape index (κ3) is 8.43. The molecule has 2 aliphatic rings. The molecule has 210 valence electrons. The number of anilines is 1. The first kappa shape index (κ1) is 28.9. The number of alkyl carbamates (subject to hydrolysis) is 1. The molecule has 3 rings (SSSR count). The summed E-state index contributed by atoms with van der Waals surface area (Å²) >= 11 is 0. The molecular weight excluding hydrogens is 504 g/mol. The van der Waals surface area contributed by atoms with Crippen molar-refractivity contribution < 1.29 is 42.9 Å². The lowest BCUT2D eigenvalue weighted by atomic mass is 10.0. The molecule has 0 bridgehead atoms. The molecule has 2 amide bonds. The van der Waals surface area contributed by atoms with Crippen molar-refractivity contribution in [2.45, 2.75) is 84.0 Å². The molecule has 2 aliphatic heterocycles. The van der Waals surface area contributed by atoms with Crippen LogP contribution in [0.25, 0.3) is 0 Å². The van der Waals surface area contributed by atoms with Gasteiger partial charge in [-0.05, 0) is 47.6 Å². The first-order chi connectivity index (χ1) is 17.6. The maximum Gasteiger partial charge on any atom is 0.413 e. The number of hydrogen-bond donors (Lipinski definition) is 2. The number of esters is 2. The lowest BCUT2D eigenvalue weighted by Gasteiger charge is -2.25. The average Bonchev–Trinajstić information content (AvgIpc) is 3.15. The zero-order valence-electron chi connectivity index (χ0n) is 22.3. The van der Waals surface area contributed by atoms with E-state index in [1.54, 1.807) is 41.5 Å². The molecule has 0 aromatic carbocycles. The third-order valence-corrected chi connectivity index (χ3v) is 5.33. The molecule has 2 fully saturated rings. The van der Waals surface area contributed by atoms with Crippen LogP contribution in [0.15, 0.2) is 17.1 Å². The molecule has 0 saturated carbocycles. The number of cyclic esters (lactones) is 2. The van der Waals surface area contributed by atoms with E-state index < -0.39 is 71.7 Å². The van der Waals surface area contributed by atoms with Crippen molar-refractivity contribution in [3.8, 4) is 0 Å². The Morgan fingerprint density at radius 1 is 1.00 bits per heavy atom. The van der Waals surface area contributed by atoms with E-state index in [9.17, 15) is 24.0 Å². The molecule has 0 radical (unpaired) electrons. The quantitative estimate of drug-likeness (QED) is 0.425. The monoisotopic (exact) mass is 538 g/mol. The minimum Gasteiger partial charge on any atom is -0.464 e. The Hall–Kier alpha value is -3.68. The summed E-state index contributed by atoms with van der Waals surface area (Å²) in [5.41, 5.74) is -2.21. The minimum absolute atomic E-state index is 0.00359. The van der Waals surface area contributed by atoms with Gasteiger partial charge in [-0.3, -0.25) is 14.7 Å². The van der Waals surface area contributed by atoms with Gasteiger partial charge in [0.1, 0.15) is 42.0 Å². The molecule has 2 saturated heterocycles. The second-order valence-electron chi connectivity index (χ2n) is 11.0. The van der Waals surface area contributed by atoms with Gasteiger partial charge in [-0.15, -0.1) is 0 Å². The zero-order chi connectivity index (χ0) is 28.3. The van der Waals surface area contributed by atoms with Gasteiger partial charge in [0.25, 0.3) is 0 Å². The molecule has 14 nitrogen and oxygen atoms in total. The number of nitrogens with zero attached hydrogens (tertiary/aromatic N) is 2. The van der Waals surface area contributed by atoms with Crippen molar-refractivity contribution in [2.24, 2.45) is 5.92 Å². The third-order valence-electron chi connectivity index (χ3n) is 5.33. The Morgan fingerprint density at radius 3 is 2.29 bits per heavy atom. The standard InChI is InChI=1S/C24H34N4O10/c1-23(2,3)37-21(32)25-14-10-18(29)34-12-15-13(11-35-19(14)30)9-17(36-15)28-8-7-16(26-20(28)31)27-22(33)38-24(4,5)6/h7-8,13-15,17H,9-12H2,1-6H3,(H,25,32)(H,26,27,31,33)/t13-,14?,15-,17-/m1/s1. The highest BCUT2D eigenvalue weighted by atomic mass is 16.6. The Bertz CT molecular complexity index is 1120. The summed E-state index contributed by atoms with van der Waals surface area (Å²) in [6.07, 6.45) is -1.86. The summed E-state index contributed by atoms with van der Waals surface area (Å²) in [5.74, 6) is -1.98. The highest BCUT2D eigenvalue weighted by Gasteiger charge is 2.40. The fourth-order valence-corrected chi connectivity index (χ4v) is 3.75. The van der Waals surface area contributed by atoms with E-state index in [0.717, 1.165) is 0 Å². The van der Waals surface area contributed by atoms with Gasteiger partial charge in [0.05, 0.1) is 13.0 Å². The zero-order valence-corrected chi connectivity index (χ0v) is 22.3. The highest BCUT2D eigenvalue weighted by molar-refractivity contribution is 5.86. The van der Waals surface area contributed by atoms with Crippen LogP contribution < -0.4 is 16.3 Å². The van der Waals surface area contributed by atoms with Crippen molar-refractivity contribution in [2.75, 3.05) is 18.5 Å². The van der Waals surface area contributed by atoms with E-state index in [2.05, 4.69) is 15.6 Å². The fourth-order valence-electron chi connectivity index (χ4n) is 3.75. The van der Waals surface area contributed by atoms with Crippen LogP contribution >= 0.6 is 0 Å². The number of ether oxygens (including phenoxy) is 5. The second kappa shape index (κ2) is 11.4. The summed E-state index contributed by atoms with van der Waals surface area (Å²) in [5, 5.41) is 4.74. The van der Waals surface area contributed by atoms with Gasteiger partial charge >= 0.3 is 29.8 Å². The first-order valence-corrected chi connectivity index (χ1v) is 12.2. The molecule has 4 atom stereocenters. The molecule has 14 heteroatoms. The second-order valence-corrected chi connectivity index (χ2v) is 11.0. The molecule has 0 aliphatic carbocycles. The van der Waals surface area contributed by atoms with Crippen LogP contribution in [0, 0.1) is 5.92 Å². The van der Waals surface area contributed by atoms with Gasteiger partial charge in [0.15, 0.2) is 0 Å². The van der Waals surface area contributed by atoms with Crippen molar-refractivity contribution >= 4 is 29.9 Å². The van der Waals surface area contributed by atoms with Gasteiger partial charge in [-0.2, -0.15) is 4.98 Å². The van der Waals surface area contributed by atoms with E-state index in [0.29, 0.717) is 0 Å². The van der Waals surface area contributed by atoms with Gasteiger partial charge in [0.2, 0.25) is 0 Å². The van der Waals surface area contributed by atoms with E-state index >= 15 is 0 Å². The maximum atomic E-state index is 12.7. The first-order valence-electron chi connectivity index (χ1n) is 12.2. The number of nitrogens with one attached hydrogen (secondary N) is 2.